The van der Waals surface area contributed by atoms with E-state index in [-0.39, 0.29) is 10.9 Å². The van der Waals surface area contributed by atoms with Gasteiger partial charge >= 0.3 is 0 Å². The van der Waals surface area contributed by atoms with Crippen LogP contribution >= 0.6 is 0 Å². The van der Waals surface area contributed by atoms with Gasteiger partial charge in [0.1, 0.15) is 4.90 Å². The third-order valence-corrected chi connectivity index (χ3v) is 6.57. The van der Waals surface area contributed by atoms with Crippen molar-refractivity contribution >= 4 is 10.0 Å². The maximum Gasteiger partial charge on any atom is 0.243 e. The van der Waals surface area contributed by atoms with Gasteiger partial charge in [-0.25, -0.2) is 13.1 Å². The van der Waals surface area contributed by atoms with Crippen LogP contribution in [-0.2, 0) is 16.6 Å². The van der Waals surface area contributed by atoms with Gasteiger partial charge in [-0.3, -0.25) is 4.68 Å². The predicted octanol–water partition coefficient (Wildman–Crippen LogP) is 0.945. The molecule has 0 radical (unpaired) electrons. The van der Waals surface area contributed by atoms with Crippen LogP contribution in [0.3, 0.4) is 0 Å². The van der Waals surface area contributed by atoms with Gasteiger partial charge in [-0.1, -0.05) is 6.42 Å². The van der Waals surface area contributed by atoms with Crippen molar-refractivity contribution in [3.05, 3.63) is 12.4 Å². The number of aromatic nitrogens is 2. The second-order valence-electron chi connectivity index (χ2n) is 6.48. The van der Waals surface area contributed by atoms with E-state index < -0.39 is 10.0 Å². The highest BCUT2D eigenvalue weighted by molar-refractivity contribution is 7.89. The van der Waals surface area contributed by atoms with Gasteiger partial charge < -0.3 is 5.73 Å². The zero-order chi connectivity index (χ0) is 15.0. The van der Waals surface area contributed by atoms with Crippen LogP contribution in [0.15, 0.2) is 17.3 Å². The molecule has 2 bridgehead atoms. The van der Waals surface area contributed by atoms with E-state index in [2.05, 4.69) is 9.82 Å². The summed E-state index contributed by atoms with van der Waals surface area (Å²) in [6.07, 6.45) is 7.97. The van der Waals surface area contributed by atoms with Crippen LogP contribution < -0.4 is 10.5 Å². The molecule has 2 saturated carbocycles. The van der Waals surface area contributed by atoms with Crippen LogP contribution in [0.5, 0.6) is 0 Å². The number of hydrogen-bond donors (Lipinski definition) is 2. The maximum atomic E-state index is 12.4. The number of hydrogen-bond acceptors (Lipinski definition) is 4. The zero-order valence-electron chi connectivity index (χ0n) is 12.4. The van der Waals surface area contributed by atoms with Crippen molar-refractivity contribution in [2.75, 3.05) is 6.54 Å². The van der Waals surface area contributed by atoms with Crippen molar-refractivity contribution in [2.24, 2.45) is 23.5 Å². The van der Waals surface area contributed by atoms with Crippen LogP contribution in [0.25, 0.3) is 0 Å². The average Bonchev–Trinajstić information content (AvgIpc) is 3.14. The van der Waals surface area contributed by atoms with E-state index in [4.69, 9.17) is 5.73 Å². The van der Waals surface area contributed by atoms with Crippen LogP contribution in [0.2, 0.25) is 0 Å². The smallest absolute Gasteiger partial charge is 0.243 e. The highest BCUT2D eigenvalue weighted by Gasteiger charge is 2.42. The molecule has 6 nitrogen and oxygen atoms in total. The molecule has 1 heterocycles. The lowest BCUT2D eigenvalue weighted by atomic mass is 9.84. The highest BCUT2D eigenvalue weighted by Crippen LogP contribution is 2.49. The van der Waals surface area contributed by atoms with Gasteiger partial charge in [0.25, 0.3) is 0 Å². The van der Waals surface area contributed by atoms with E-state index in [9.17, 15) is 8.42 Å². The Morgan fingerprint density at radius 3 is 2.90 bits per heavy atom. The van der Waals surface area contributed by atoms with Crippen molar-refractivity contribution in [2.45, 2.75) is 50.1 Å². The third-order valence-electron chi connectivity index (χ3n) is 5.05. The molecule has 3 rings (SSSR count). The molecule has 118 valence electrons. The summed E-state index contributed by atoms with van der Waals surface area (Å²) in [4.78, 5) is 0.228. The molecule has 0 saturated heterocycles. The fourth-order valence-electron chi connectivity index (χ4n) is 4.04. The Balaban J connectivity index is 1.67. The monoisotopic (exact) mass is 312 g/mol. The molecule has 21 heavy (non-hydrogen) atoms. The second-order valence-corrected chi connectivity index (χ2v) is 8.19. The van der Waals surface area contributed by atoms with E-state index in [1.54, 1.807) is 10.9 Å². The lowest BCUT2D eigenvalue weighted by Gasteiger charge is -2.28. The number of sulfonamides is 1. The molecular weight excluding hydrogens is 288 g/mol. The Kier molecular flexibility index (Phi) is 4.07. The Hall–Kier alpha value is -0.920. The molecule has 0 aromatic carbocycles. The quantitative estimate of drug-likeness (QED) is 0.818. The summed E-state index contributed by atoms with van der Waals surface area (Å²) in [5, 5.41) is 4.03. The molecule has 3 N–H and O–H groups in total. The average molecular weight is 312 g/mol. The molecule has 0 spiro atoms. The van der Waals surface area contributed by atoms with Gasteiger partial charge in [-0.05, 0) is 43.9 Å². The number of rotatable bonds is 6. The van der Waals surface area contributed by atoms with E-state index in [0.29, 0.717) is 24.9 Å². The topological polar surface area (TPSA) is 90.0 Å². The van der Waals surface area contributed by atoms with Crippen molar-refractivity contribution in [3.8, 4) is 0 Å². The van der Waals surface area contributed by atoms with Gasteiger partial charge in [-0.2, -0.15) is 5.10 Å². The van der Waals surface area contributed by atoms with Crippen molar-refractivity contribution in [3.63, 3.8) is 0 Å². The highest BCUT2D eigenvalue weighted by atomic mass is 32.2. The molecule has 7 heteroatoms. The molecule has 1 aromatic heterocycles. The first-order valence-corrected chi connectivity index (χ1v) is 9.23. The van der Waals surface area contributed by atoms with E-state index in [1.807, 2.05) is 6.92 Å². The Labute approximate surface area is 126 Å². The van der Waals surface area contributed by atoms with Gasteiger partial charge in [-0.15, -0.1) is 0 Å². The first-order valence-electron chi connectivity index (χ1n) is 7.74. The van der Waals surface area contributed by atoms with Crippen molar-refractivity contribution in [1.82, 2.24) is 14.5 Å². The molecule has 0 aliphatic heterocycles. The predicted molar refractivity (Wildman–Crippen MR) is 80.0 cm³/mol. The Morgan fingerprint density at radius 2 is 2.29 bits per heavy atom. The fraction of sp³-hybridized carbons (Fsp3) is 0.786. The summed E-state index contributed by atoms with van der Waals surface area (Å²) >= 11 is 0. The van der Waals surface area contributed by atoms with Crippen molar-refractivity contribution < 1.29 is 8.42 Å². The first kappa shape index (κ1) is 15.0. The number of fused-ring (bicyclic) bond motifs is 2. The molecule has 2 aliphatic rings. The Bertz CT molecular complexity index is 598. The maximum absolute atomic E-state index is 12.4. The summed E-state index contributed by atoms with van der Waals surface area (Å²) in [5.41, 5.74) is 5.45. The Morgan fingerprint density at radius 1 is 1.48 bits per heavy atom. The number of nitrogens with one attached hydrogen (secondary N) is 1. The van der Waals surface area contributed by atoms with Gasteiger partial charge in [0, 0.05) is 18.8 Å². The normalized spacial score (nSPS) is 29.9. The fourth-order valence-corrected chi connectivity index (χ4v) is 5.29. The number of nitrogens with two attached hydrogens (primary N) is 1. The van der Waals surface area contributed by atoms with Crippen LogP contribution in [0, 0.1) is 17.8 Å². The summed E-state index contributed by atoms with van der Waals surface area (Å²) in [6, 6.07) is -0.0110. The summed E-state index contributed by atoms with van der Waals surface area (Å²) < 4.78 is 29.3. The van der Waals surface area contributed by atoms with E-state index in [0.717, 1.165) is 5.92 Å². The largest absolute Gasteiger partial charge is 0.329 e. The minimum absolute atomic E-state index is 0.0110. The lowest BCUT2D eigenvalue weighted by Crippen LogP contribution is -2.39. The minimum atomic E-state index is -3.49. The molecule has 4 atom stereocenters. The molecule has 4 unspecified atom stereocenters. The summed E-state index contributed by atoms with van der Waals surface area (Å²) in [7, 11) is -3.49. The van der Waals surface area contributed by atoms with Crippen LogP contribution in [0.1, 0.15) is 32.6 Å². The van der Waals surface area contributed by atoms with Crippen molar-refractivity contribution in [1.29, 1.82) is 0 Å². The van der Waals surface area contributed by atoms with E-state index >= 15 is 0 Å². The van der Waals surface area contributed by atoms with Gasteiger partial charge in [0.15, 0.2) is 0 Å². The summed E-state index contributed by atoms with van der Waals surface area (Å²) in [6.45, 7) is 2.96. The molecule has 0 amide bonds. The second kappa shape index (κ2) is 5.70. The SMILES string of the molecule is CC(NS(=O)(=O)c1cnn(CCN)c1)C1CC2CCC1C2. The van der Waals surface area contributed by atoms with Gasteiger partial charge in [0.2, 0.25) is 10.0 Å². The first-order chi connectivity index (χ1) is 9.99. The van der Waals surface area contributed by atoms with Gasteiger partial charge in [0.05, 0.1) is 12.7 Å². The number of nitrogens with zero attached hydrogens (tertiary/aromatic N) is 2. The summed E-state index contributed by atoms with van der Waals surface area (Å²) in [5.74, 6) is 2.00. The standard InChI is InChI=1S/C14H24N4O2S/c1-10(14-7-11-2-3-12(14)6-11)17-21(19,20)13-8-16-18(9-13)5-4-15/h8-12,14,17H,2-7,15H2,1H3. The minimum Gasteiger partial charge on any atom is -0.329 e. The lowest BCUT2D eigenvalue weighted by molar-refractivity contribution is 0.280. The molecular formula is C14H24N4O2S. The molecule has 2 fully saturated rings. The molecule has 1 aromatic rings. The van der Waals surface area contributed by atoms with E-state index in [1.165, 1.54) is 31.9 Å². The third kappa shape index (κ3) is 3.00. The zero-order valence-corrected chi connectivity index (χ0v) is 13.2. The van der Waals surface area contributed by atoms with Crippen LogP contribution in [0.4, 0.5) is 0 Å². The van der Waals surface area contributed by atoms with Crippen LogP contribution in [-0.4, -0.2) is 30.8 Å². The molecule has 2 aliphatic carbocycles.